The van der Waals surface area contributed by atoms with Crippen LogP contribution in [0.2, 0.25) is 0 Å². The standard InChI is InChI=1S/C22H22N4O/c1-16-6-2-3-9-20(16)18-8-5-11-26(15-18)22(27)19-13-24-21(25-14-19)17-7-4-10-23-12-17/h2-4,6-7,9-10,12-14,18H,5,8,11,15H2,1H3/t18-/m0/s1. The summed E-state index contributed by atoms with van der Waals surface area (Å²) in [6.45, 7) is 3.67. The van der Waals surface area contributed by atoms with Crippen LogP contribution in [0.5, 0.6) is 0 Å². The Morgan fingerprint density at radius 2 is 1.89 bits per heavy atom. The molecular weight excluding hydrogens is 336 g/mol. The number of carbonyl (C=O) groups excluding carboxylic acids is 1. The number of pyridine rings is 1. The molecule has 3 aromatic rings. The molecule has 27 heavy (non-hydrogen) atoms. The van der Waals surface area contributed by atoms with Gasteiger partial charge in [0.2, 0.25) is 0 Å². The van der Waals surface area contributed by atoms with Crippen molar-refractivity contribution < 1.29 is 4.79 Å². The fourth-order valence-corrected chi connectivity index (χ4v) is 3.73. The van der Waals surface area contributed by atoms with Crippen LogP contribution in [0.15, 0.2) is 61.2 Å². The largest absolute Gasteiger partial charge is 0.338 e. The Kier molecular flexibility index (Phi) is 4.92. The van der Waals surface area contributed by atoms with Crippen molar-refractivity contribution in [3.63, 3.8) is 0 Å². The number of aryl methyl sites for hydroxylation is 1. The number of nitrogens with zero attached hydrogens (tertiary/aromatic N) is 4. The van der Waals surface area contributed by atoms with E-state index in [0.29, 0.717) is 17.3 Å². The topological polar surface area (TPSA) is 59.0 Å². The average Bonchev–Trinajstić information content (AvgIpc) is 2.74. The number of aromatic nitrogens is 3. The SMILES string of the molecule is Cc1ccccc1[C@H]1CCCN(C(=O)c2cnc(-c3cccnc3)nc2)C1. The predicted molar refractivity (Wildman–Crippen MR) is 104 cm³/mol. The average molecular weight is 358 g/mol. The monoisotopic (exact) mass is 358 g/mol. The van der Waals surface area contributed by atoms with E-state index in [1.807, 2.05) is 17.0 Å². The van der Waals surface area contributed by atoms with E-state index in [9.17, 15) is 4.79 Å². The van der Waals surface area contributed by atoms with Crippen molar-refractivity contribution in [2.45, 2.75) is 25.7 Å². The number of hydrogen-bond acceptors (Lipinski definition) is 4. The summed E-state index contributed by atoms with van der Waals surface area (Å²) in [5.74, 6) is 0.974. The van der Waals surface area contributed by atoms with Crippen LogP contribution in [0.25, 0.3) is 11.4 Å². The molecule has 1 aliphatic rings. The quantitative estimate of drug-likeness (QED) is 0.713. The number of likely N-dealkylation sites (tertiary alicyclic amines) is 1. The number of hydrogen-bond donors (Lipinski definition) is 0. The van der Waals surface area contributed by atoms with Crippen molar-refractivity contribution in [3.05, 3.63) is 77.9 Å². The lowest BCUT2D eigenvalue weighted by molar-refractivity contribution is 0.0706. The van der Waals surface area contributed by atoms with Gasteiger partial charge in [0.1, 0.15) is 0 Å². The number of rotatable bonds is 3. The molecule has 0 spiro atoms. The Labute approximate surface area is 159 Å². The smallest absolute Gasteiger partial charge is 0.257 e. The molecule has 3 heterocycles. The summed E-state index contributed by atoms with van der Waals surface area (Å²) >= 11 is 0. The summed E-state index contributed by atoms with van der Waals surface area (Å²) in [6.07, 6.45) is 8.80. The van der Waals surface area contributed by atoms with Crippen LogP contribution in [0.3, 0.4) is 0 Å². The van der Waals surface area contributed by atoms with Gasteiger partial charge in [0.15, 0.2) is 5.82 Å². The molecule has 0 N–H and O–H groups in total. The summed E-state index contributed by atoms with van der Waals surface area (Å²) in [7, 11) is 0. The van der Waals surface area contributed by atoms with Crippen LogP contribution in [0, 0.1) is 6.92 Å². The molecule has 2 aromatic heterocycles. The van der Waals surface area contributed by atoms with Gasteiger partial charge in [0, 0.05) is 49.4 Å². The Balaban J connectivity index is 1.50. The molecule has 1 fully saturated rings. The molecule has 5 nitrogen and oxygen atoms in total. The summed E-state index contributed by atoms with van der Waals surface area (Å²) in [6, 6.07) is 12.2. The Morgan fingerprint density at radius 3 is 2.63 bits per heavy atom. The molecule has 4 rings (SSSR count). The Bertz CT molecular complexity index is 925. The van der Waals surface area contributed by atoms with E-state index >= 15 is 0 Å². The van der Waals surface area contributed by atoms with Crippen molar-refractivity contribution in [2.24, 2.45) is 0 Å². The van der Waals surface area contributed by atoms with E-state index in [-0.39, 0.29) is 5.91 Å². The fourth-order valence-electron chi connectivity index (χ4n) is 3.73. The highest BCUT2D eigenvalue weighted by Crippen LogP contribution is 2.29. The normalized spacial score (nSPS) is 16.9. The van der Waals surface area contributed by atoms with Gasteiger partial charge in [-0.25, -0.2) is 9.97 Å². The lowest BCUT2D eigenvalue weighted by atomic mass is 9.88. The maximum absolute atomic E-state index is 12.9. The van der Waals surface area contributed by atoms with Crippen LogP contribution in [0.1, 0.15) is 40.2 Å². The summed E-state index contributed by atoms with van der Waals surface area (Å²) in [5, 5.41) is 0. The Morgan fingerprint density at radius 1 is 1.07 bits per heavy atom. The van der Waals surface area contributed by atoms with E-state index < -0.39 is 0 Å². The van der Waals surface area contributed by atoms with E-state index in [4.69, 9.17) is 0 Å². The van der Waals surface area contributed by atoms with Crippen LogP contribution in [-0.2, 0) is 0 Å². The third-order valence-corrected chi connectivity index (χ3v) is 5.16. The van der Waals surface area contributed by atoms with Gasteiger partial charge in [-0.1, -0.05) is 24.3 Å². The van der Waals surface area contributed by atoms with Crippen molar-refractivity contribution in [2.75, 3.05) is 13.1 Å². The highest BCUT2D eigenvalue weighted by molar-refractivity contribution is 5.93. The molecule has 0 radical (unpaired) electrons. The first-order valence-electron chi connectivity index (χ1n) is 9.29. The molecule has 0 bridgehead atoms. The van der Waals surface area contributed by atoms with Crippen LogP contribution in [-0.4, -0.2) is 38.8 Å². The molecule has 5 heteroatoms. The molecule has 1 saturated heterocycles. The third kappa shape index (κ3) is 3.72. The van der Waals surface area contributed by atoms with Crippen LogP contribution in [0.4, 0.5) is 0 Å². The second kappa shape index (κ2) is 7.66. The van der Waals surface area contributed by atoms with Crippen LogP contribution >= 0.6 is 0 Å². The molecule has 1 aromatic carbocycles. The minimum atomic E-state index is 0.00557. The molecule has 0 aliphatic carbocycles. The molecule has 0 unspecified atom stereocenters. The predicted octanol–water partition coefficient (Wildman–Crippen LogP) is 3.87. The first kappa shape index (κ1) is 17.3. The second-order valence-corrected chi connectivity index (χ2v) is 6.98. The van der Waals surface area contributed by atoms with E-state index in [0.717, 1.165) is 31.5 Å². The number of carbonyl (C=O) groups is 1. The molecule has 136 valence electrons. The van der Waals surface area contributed by atoms with E-state index in [2.05, 4.69) is 46.1 Å². The molecule has 1 atom stereocenters. The number of amides is 1. The molecule has 0 saturated carbocycles. The van der Waals surface area contributed by atoms with E-state index in [1.165, 1.54) is 11.1 Å². The van der Waals surface area contributed by atoms with Gasteiger partial charge < -0.3 is 4.90 Å². The van der Waals surface area contributed by atoms with Gasteiger partial charge in [-0.3, -0.25) is 9.78 Å². The fraction of sp³-hybridized carbons (Fsp3) is 0.273. The summed E-state index contributed by atoms with van der Waals surface area (Å²) in [5.41, 5.74) is 4.02. The van der Waals surface area contributed by atoms with Gasteiger partial charge in [-0.15, -0.1) is 0 Å². The Hall–Kier alpha value is -3.08. The molecule has 1 amide bonds. The van der Waals surface area contributed by atoms with Gasteiger partial charge in [0.05, 0.1) is 5.56 Å². The zero-order chi connectivity index (χ0) is 18.6. The van der Waals surface area contributed by atoms with E-state index in [1.54, 1.807) is 24.8 Å². The zero-order valence-corrected chi connectivity index (χ0v) is 15.4. The van der Waals surface area contributed by atoms with Gasteiger partial charge in [-0.2, -0.15) is 0 Å². The van der Waals surface area contributed by atoms with Crippen molar-refractivity contribution in [1.82, 2.24) is 19.9 Å². The van der Waals surface area contributed by atoms with Gasteiger partial charge in [-0.05, 0) is 43.0 Å². The maximum Gasteiger partial charge on any atom is 0.257 e. The highest BCUT2D eigenvalue weighted by Gasteiger charge is 2.26. The number of piperidine rings is 1. The third-order valence-electron chi connectivity index (χ3n) is 5.16. The van der Waals surface area contributed by atoms with Gasteiger partial charge in [0.25, 0.3) is 5.91 Å². The van der Waals surface area contributed by atoms with Crippen molar-refractivity contribution in [1.29, 1.82) is 0 Å². The van der Waals surface area contributed by atoms with Gasteiger partial charge >= 0.3 is 0 Å². The minimum absolute atomic E-state index is 0.00557. The molecular formula is C22H22N4O. The maximum atomic E-state index is 12.9. The summed E-state index contributed by atoms with van der Waals surface area (Å²) < 4.78 is 0. The minimum Gasteiger partial charge on any atom is -0.338 e. The zero-order valence-electron chi connectivity index (χ0n) is 15.4. The van der Waals surface area contributed by atoms with Crippen molar-refractivity contribution >= 4 is 5.91 Å². The number of benzene rings is 1. The lowest BCUT2D eigenvalue weighted by Gasteiger charge is -2.33. The lowest BCUT2D eigenvalue weighted by Crippen LogP contribution is -2.39. The first-order chi connectivity index (χ1) is 13.2. The van der Waals surface area contributed by atoms with Crippen molar-refractivity contribution in [3.8, 4) is 11.4 Å². The second-order valence-electron chi connectivity index (χ2n) is 6.98. The summed E-state index contributed by atoms with van der Waals surface area (Å²) in [4.78, 5) is 27.7. The highest BCUT2D eigenvalue weighted by atomic mass is 16.2. The van der Waals surface area contributed by atoms with Crippen LogP contribution < -0.4 is 0 Å². The molecule has 1 aliphatic heterocycles. The first-order valence-corrected chi connectivity index (χ1v) is 9.29.